The number of hydroxylamine groups is 1. The fourth-order valence-electron chi connectivity index (χ4n) is 2.88. The minimum atomic E-state index is -3.57. The van der Waals surface area contributed by atoms with Gasteiger partial charge < -0.3 is 0 Å². The van der Waals surface area contributed by atoms with E-state index in [0.29, 0.717) is 10.2 Å². The monoisotopic (exact) mass is 552 g/mol. The number of carbonyl (C=O) groups is 1. The predicted octanol–water partition coefficient (Wildman–Crippen LogP) is 3.83. The summed E-state index contributed by atoms with van der Waals surface area (Å²) in [6.07, 6.45) is 3.42. The Morgan fingerprint density at radius 2 is 1.82 bits per heavy atom. The van der Waals surface area contributed by atoms with E-state index in [-0.39, 0.29) is 4.90 Å². The molecule has 3 rings (SSSR count). The quantitative estimate of drug-likeness (QED) is 0.191. The van der Waals surface area contributed by atoms with Crippen molar-refractivity contribution in [2.24, 2.45) is 0 Å². The summed E-state index contributed by atoms with van der Waals surface area (Å²) in [5.74, 6) is 0.123. The number of nitrogens with zero attached hydrogens (tertiary/aromatic N) is 1. The van der Waals surface area contributed by atoms with E-state index in [1.54, 1.807) is 53.9 Å². The molecule has 0 aliphatic carbocycles. The number of nitrogens with one attached hydrogen (secondary N) is 1. The zero-order valence-electron chi connectivity index (χ0n) is 15.3. The van der Waals surface area contributed by atoms with Gasteiger partial charge in [0, 0.05) is 0 Å². The third-order valence-corrected chi connectivity index (χ3v) is 22.4. The van der Waals surface area contributed by atoms with Crippen LogP contribution in [-0.2, 0) is 11.8 Å². The predicted molar refractivity (Wildman–Crippen MR) is 121 cm³/mol. The number of pyridine rings is 1. The van der Waals surface area contributed by atoms with Gasteiger partial charge >= 0.3 is 180 Å². The number of alkyl halides is 2. The first-order valence-corrected chi connectivity index (χ1v) is 17.0. The molecular weight excluding hydrogens is 531 g/mol. The molecular formula is C18H21IN2O4S3. The summed E-state index contributed by atoms with van der Waals surface area (Å²) in [6, 6.07) is 10.6. The van der Waals surface area contributed by atoms with Gasteiger partial charge in [0.05, 0.1) is 0 Å². The second-order valence-corrected chi connectivity index (χ2v) is 21.2. The van der Waals surface area contributed by atoms with Gasteiger partial charge in [-0.25, -0.2) is 0 Å². The van der Waals surface area contributed by atoms with Crippen LogP contribution in [0.4, 0.5) is 0 Å². The van der Waals surface area contributed by atoms with Crippen LogP contribution < -0.4 is 5.48 Å². The van der Waals surface area contributed by atoms with E-state index in [0.717, 1.165) is 9.79 Å². The number of rotatable bonds is 5. The molecule has 0 spiro atoms. The fourth-order valence-corrected chi connectivity index (χ4v) is 22.4. The van der Waals surface area contributed by atoms with Gasteiger partial charge in [-0.15, -0.1) is 0 Å². The Morgan fingerprint density at radius 1 is 1.21 bits per heavy atom. The maximum absolute atomic E-state index is 13.4. The van der Waals surface area contributed by atoms with Crippen molar-refractivity contribution < 1.29 is 18.4 Å². The first kappa shape index (κ1) is 21.9. The number of hydrogen-bond donors (Lipinski definition) is 2. The molecule has 1 aromatic carbocycles. The van der Waals surface area contributed by atoms with E-state index in [1.165, 1.54) is 11.8 Å². The number of hydrogen-bond acceptors (Lipinski definition) is 7. The van der Waals surface area contributed by atoms with Gasteiger partial charge in [0.15, 0.2) is 0 Å². The molecule has 2 aromatic rings. The molecule has 0 bridgehead atoms. The second kappa shape index (κ2) is 8.90. The van der Waals surface area contributed by atoms with Crippen LogP contribution in [0.3, 0.4) is 0 Å². The van der Waals surface area contributed by atoms with Gasteiger partial charge in [0.25, 0.3) is 0 Å². The van der Waals surface area contributed by atoms with Crippen LogP contribution >= 0.6 is 42.0 Å². The Morgan fingerprint density at radius 3 is 2.43 bits per heavy atom. The average Bonchev–Trinajstić information content (AvgIpc) is 2.68. The third kappa shape index (κ3) is 4.66. The fraction of sp³-hybridized carbons (Fsp3) is 0.333. The van der Waals surface area contributed by atoms with Gasteiger partial charge in [-0.3, -0.25) is 0 Å². The topological polar surface area (TPSA) is 96.4 Å². The van der Waals surface area contributed by atoms with Gasteiger partial charge in [-0.05, 0) is 0 Å². The summed E-state index contributed by atoms with van der Waals surface area (Å²) < 4.78 is 26.0. The van der Waals surface area contributed by atoms with Gasteiger partial charge in [-0.2, -0.15) is 0 Å². The van der Waals surface area contributed by atoms with Gasteiger partial charge in [-0.1, -0.05) is 0 Å². The Balaban J connectivity index is 1.87. The van der Waals surface area contributed by atoms with Gasteiger partial charge in [0.2, 0.25) is 0 Å². The van der Waals surface area contributed by atoms with Crippen LogP contribution in [-0.4, -0.2) is 43.4 Å². The molecule has 152 valence electrons. The summed E-state index contributed by atoms with van der Waals surface area (Å²) in [7, 11) is -3.57. The van der Waals surface area contributed by atoms with Crippen LogP contribution in [0.15, 0.2) is 63.5 Å². The number of benzene rings is 1. The summed E-state index contributed by atoms with van der Waals surface area (Å²) in [5, 5.41) is 9.16. The number of halogens is 1. The molecule has 0 radical (unpaired) electrons. The van der Waals surface area contributed by atoms with Crippen molar-refractivity contribution in [3.63, 3.8) is 0 Å². The summed E-state index contributed by atoms with van der Waals surface area (Å²) in [4.78, 5) is 18.5. The molecule has 1 aliphatic heterocycles. The molecule has 0 unspecified atom stereocenters. The molecule has 0 saturated carbocycles. The van der Waals surface area contributed by atoms with E-state index in [2.05, 4.69) is 4.98 Å². The maximum atomic E-state index is 13.4. The number of carbonyl (C=O) groups excluding carboxylic acids is 1. The van der Waals surface area contributed by atoms with Crippen molar-refractivity contribution in [3.05, 3.63) is 48.8 Å². The van der Waals surface area contributed by atoms with Crippen molar-refractivity contribution in [3.8, 4) is 0 Å². The summed E-state index contributed by atoms with van der Waals surface area (Å²) in [6.45, 7) is 3.76. The van der Waals surface area contributed by atoms with E-state index in [1.807, 2.05) is 26.0 Å². The number of amides is 1. The molecule has 6 nitrogen and oxygen atoms in total. The van der Waals surface area contributed by atoms with Crippen LogP contribution in [0, 0.1) is 0 Å². The van der Waals surface area contributed by atoms with Crippen molar-refractivity contribution in [2.45, 2.75) is 37.2 Å². The van der Waals surface area contributed by atoms with Gasteiger partial charge in [0.1, 0.15) is 0 Å². The third-order valence-electron chi connectivity index (χ3n) is 4.18. The Labute approximate surface area is 179 Å². The average molecular weight is 552 g/mol. The molecule has 10 heteroatoms. The second-order valence-electron chi connectivity index (χ2n) is 6.53. The summed E-state index contributed by atoms with van der Waals surface area (Å²) in [5.41, 5.74) is 1.69. The van der Waals surface area contributed by atoms with Crippen molar-refractivity contribution >= 4 is 54.9 Å². The molecule has 2 heterocycles. The van der Waals surface area contributed by atoms with Crippen LogP contribution in [0.25, 0.3) is 0 Å². The minimum absolute atomic E-state index is 0.259. The summed E-state index contributed by atoms with van der Waals surface area (Å²) >= 11 is 0.297. The standard InChI is InChI=1S/C18H21IN2O4S3/c1-18(2)16(17(22)21-23)19(9-12-26-18)28(24,25)15-5-3-13(4-6-15)27-14-7-10-20-11-8-14/h3-8,10-11,16,23H,9,12H2,1-2H3,(H,21,22)/t16-/m0/s1. The molecule has 28 heavy (non-hydrogen) atoms. The SMILES string of the molecule is CC1(C)SCCI(S(=O)(=O)c2ccc(Sc3ccncc3)cc2)[C@H]1C(=O)NO. The van der Waals surface area contributed by atoms with E-state index in [4.69, 9.17) is 5.21 Å². The molecule has 1 aliphatic rings. The van der Waals surface area contributed by atoms with E-state index >= 15 is 0 Å². The molecule has 2 N–H and O–H groups in total. The number of thioether (sulfide) groups is 1. The van der Waals surface area contributed by atoms with Crippen LogP contribution in [0.2, 0.25) is 0 Å². The first-order valence-electron chi connectivity index (χ1n) is 8.42. The van der Waals surface area contributed by atoms with Crippen molar-refractivity contribution in [2.75, 3.05) is 10.2 Å². The van der Waals surface area contributed by atoms with Crippen LogP contribution in [0.1, 0.15) is 13.8 Å². The van der Waals surface area contributed by atoms with E-state index in [9.17, 15) is 13.2 Å². The van der Waals surface area contributed by atoms with E-state index < -0.39 is 40.0 Å². The molecule has 1 saturated heterocycles. The molecule has 1 amide bonds. The van der Waals surface area contributed by atoms with Crippen molar-refractivity contribution in [1.29, 1.82) is 0 Å². The van der Waals surface area contributed by atoms with Crippen LogP contribution in [0.5, 0.6) is 0 Å². The zero-order chi connectivity index (χ0) is 20.4. The Hall–Kier alpha value is -0.820. The molecule has 1 atom stereocenters. The first-order chi connectivity index (χ1) is 13.3. The molecule has 1 fully saturated rings. The van der Waals surface area contributed by atoms with Crippen molar-refractivity contribution in [1.82, 2.24) is 10.5 Å². The normalized spacial score (nSPS) is 20.5. The number of aromatic nitrogens is 1. The Kier molecular flexibility index (Phi) is 6.96. The molecule has 1 aromatic heterocycles. The Bertz CT molecular complexity index is 937. The zero-order valence-corrected chi connectivity index (χ0v) is 19.9.